The van der Waals surface area contributed by atoms with E-state index in [0.29, 0.717) is 19.6 Å². The zero-order valence-electron chi connectivity index (χ0n) is 10.3. The predicted octanol–water partition coefficient (Wildman–Crippen LogP) is 1.04. The van der Waals surface area contributed by atoms with E-state index in [4.69, 9.17) is 9.84 Å². The normalized spacial score (nSPS) is 10.1. The molecule has 0 fully saturated rings. The molecular formula is C13H19NO3. The van der Waals surface area contributed by atoms with E-state index in [0.717, 1.165) is 16.9 Å². The summed E-state index contributed by atoms with van der Waals surface area (Å²) >= 11 is 0. The molecule has 0 saturated carbocycles. The Labute approximate surface area is 102 Å². The lowest BCUT2D eigenvalue weighted by molar-refractivity contribution is -0.120. The van der Waals surface area contributed by atoms with Gasteiger partial charge in [0.05, 0.1) is 19.6 Å². The molecule has 0 atom stereocenters. The summed E-state index contributed by atoms with van der Waals surface area (Å²) in [5, 5.41) is 11.2. The fourth-order valence-electron chi connectivity index (χ4n) is 1.58. The molecule has 0 aliphatic carbocycles. The average Bonchev–Trinajstić information content (AvgIpc) is 2.30. The number of rotatable bonds is 6. The number of ether oxygens (including phenoxy) is 1. The SMILES string of the molecule is CCOc1ccc(CC(=O)NCCO)cc1C. The first-order valence-corrected chi connectivity index (χ1v) is 5.77. The molecule has 4 heteroatoms. The van der Waals surface area contributed by atoms with Gasteiger partial charge in [0, 0.05) is 6.54 Å². The summed E-state index contributed by atoms with van der Waals surface area (Å²) in [6, 6.07) is 5.72. The third kappa shape index (κ3) is 4.44. The molecule has 0 heterocycles. The molecule has 0 aliphatic rings. The quantitative estimate of drug-likeness (QED) is 0.777. The Morgan fingerprint density at radius 1 is 1.47 bits per heavy atom. The zero-order chi connectivity index (χ0) is 12.7. The second-order valence-electron chi connectivity index (χ2n) is 3.78. The van der Waals surface area contributed by atoms with Crippen molar-refractivity contribution in [2.45, 2.75) is 20.3 Å². The topological polar surface area (TPSA) is 58.6 Å². The number of nitrogens with one attached hydrogen (secondary N) is 1. The molecule has 4 nitrogen and oxygen atoms in total. The lowest BCUT2D eigenvalue weighted by atomic mass is 10.1. The van der Waals surface area contributed by atoms with Crippen molar-refractivity contribution in [1.82, 2.24) is 5.32 Å². The highest BCUT2D eigenvalue weighted by Crippen LogP contribution is 2.19. The maximum Gasteiger partial charge on any atom is 0.224 e. The maximum atomic E-state index is 11.4. The van der Waals surface area contributed by atoms with Crippen molar-refractivity contribution in [1.29, 1.82) is 0 Å². The molecular weight excluding hydrogens is 218 g/mol. The van der Waals surface area contributed by atoms with Gasteiger partial charge in [0.1, 0.15) is 5.75 Å². The van der Waals surface area contributed by atoms with Gasteiger partial charge in [0.15, 0.2) is 0 Å². The van der Waals surface area contributed by atoms with Gasteiger partial charge < -0.3 is 15.2 Å². The van der Waals surface area contributed by atoms with Crippen LogP contribution in [0.25, 0.3) is 0 Å². The molecule has 0 radical (unpaired) electrons. The van der Waals surface area contributed by atoms with Crippen LogP contribution in [0, 0.1) is 6.92 Å². The first-order valence-electron chi connectivity index (χ1n) is 5.77. The Balaban J connectivity index is 2.60. The number of hydrogen-bond donors (Lipinski definition) is 2. The van der Waals surface area contributed by atoms with Gasteiger partial charge in [-0.05, 0) is 31.0 Å². The van der Waals surface area contributed by atoms with Crippen molar-refractivity contribution in [2.24, 2.45) is 0 Å². The number of amides is 1. The summed E-state index contributed by atoms with van der Waals surface area (Å²) < 4.78 is 5.43. The first-order chi connectivity index (χ1) is 8.17. The van der Waals surface area contributed by atoms with E-state index in [1.165, 1.54) is 0 Å². The average molecular weight is 237 g/mol. The van der Waals surface area contributed by atoms with E-state index in [-0.39, 0.29) is 12.5 Å². The van der Waals surface area contributed by atoms with E-state index in [1.807, 2.05) is 32.0 Å². The number of aliphatic hydroxyl groups is 1. The van der Waals surface area contributed by atoms with Gasteiger partial charge in [-0.3, -0.25) is 4.79 Å². The number of aliphatic hydroxyl groups excluding tert-OH is 1. The molecule has 2 N–H and O–H groups in total. The summed E-state index contributed by atoms with van der Waals surface area (Å²) in [5.74, 6) is 0.773. The predicted molar refractivity (Wildman–Crippen MR) is 66.1 cm³/mol. The van der Waals surface area contributed by atoms with E-state index >= 15 is 0 Å². The minimum Gasteiger partial charge on any atom is -0.494 e. The molecule has 0 bridgehead atoms. The van der Waals surface area contributed by atoms with Crippen LogP contribution in [0.2, 0.25) is 0 Å². The fraction of sp³-hybridized carbons (Fsp3) is 0.462. The molecule has 0 unspecified atom stereocenters. The van der Waals surface area contributed by atoms with Crippen LogP contribution in [-0.2, 0) is 11.2 Å². The summed E-state index contributed by atoms with van der Waals surface area (Å²) in [5.41, 5.74) is 1.97. The van der Waals surface area contributed by atoms with E-state index in [2.05, 4.69) is 5.32 Å². The van der Waals surface area contributed by atoms with Crippen LogP contribution < -0.4 is 10.1 Å². The maximum absolute atomic E-state index is 11.4. The molecule has 94 valence electrons. The largest absolute Gasteiger partial charge is 0.494 e. The van der Waals surface area contributed by atoms with Gasteiger partial charge in [0.25, 0.3) is 0 Å². The summed E-state index contributed by atoms with van der Waals surface area (Å²) in [6.07, 6.45) is 0.327. The summed E-state index contributed by atoms with van der Waals surface area (Å²) in [7, 11) is 0. The fourth-order valence-corrected chi connectivity index (χ4v) is 1.58. The van der Waals surface area contributed by atoms with Crippen LogP contribution in [0.15, 0.2) is 18.2 Å². The van der Waals surface area contributed by atoms with Crippen molar-refractivity contribution >= 4 is 5.91 Å². The number of benzene rings is 1. The van der Waals surface area contributed by atoms with Crippen LogP contribution in [0.5, 0.6) is 5.75 Å². The number of carbonyl (C=O) groups excluding carboxylic acids is 1. The summed E-state index contributed by atoms with van der Waals surface area (Å²) in [6.45, 7) is 4.80. The van der Waals surface area contributed by atoms with Gasteiger partial charge in [0.2, 0.25) is 5.91 Å². The molecule has 0 saturated heterocycles. The number of aryl methyl sites for hydroxylation is 1. The van der Waals surface area contributed by atoms with E-state index in [1.54, 1.807) is 0 Å². The van der Waals surface area contributed by atoms with E-state index < -0.39 is 0 Å². The van der Waals surface area contributed by atoms with Gasteiger partial charge in [-0.1, -0.05) is 12.1 Å². The Kier molecular flexibility index (Phi) is 5.49. The Bertz CT molecular complexity index is 377. The molecule has 1 aromatic rings. The molecule has 1 aromatic carbocycles. The van der Waals surface area contributed by atoms with Gasteiger partial charge in [-0.25, -0.2) is 0 Å². The summed E-state index contributed by atoms with van der Waals surface area (Å²) in [4.78, 5) is 11.4. The Morgan fingerprint density at radius 3 is 2.82 bits per heavy atom. The van der Waals surface area contributed by atoms with Crippen LogP contribution in [0.4, 0.5) is 0 Å². The molecule has 0 spiro atoms. The van der Waals surface area contributed by atoms with Gasteiger partial charge in [-0.2, -0.15) is 0 Å². The lowest BCUT2D eigenvalue weighted by Gasteiger charge is -2.09. The van der Waals surface area contributed by atoms with E-state index in [9.17, 15) is 4.79 Å². The highest BCUT2D eigenvalue weighted by atomic mass is 16.5. The van der Waals surface area contributed by atoms with Crippen LogP contribution in [-0.4, -0.2) is 30.8 Å². The smallest absolute Gasteiger partial charge is 0.224 e. The Morgan fingerprint density at radius 2 is 2.24 bits per heavy atom. The standard InChI is InChI=1S/C13H19NO3/c1-3-17-12-5-4-11(8-10(12)2)9-13(16)14-6-7-15/h4-5,8,15H,3,6-7,9H2,1-2H3,(H,14,16). The number of carbonyl (C=O) groups is 1. The van der Waals surface area contributed by atoms with Crippen LogP contribution in [0.1, 0.15) is 18.1 Å². The molecule has 1 amide bonds. The minimum absolute atomic E-state index is 0.0337. The van der Waals surface area contributed by atoms with Crippen LogP contribution >= 0.6 is 0 Å². The second kappa shape index (κ2) is 6.91. The minimum atomic E-state index is -0.0809. The van der Waals surface area contributed by atoms with Crippen molar-refractivity contribution in [2.75, 3.05) is 19.8 Å². The van der Waals surface area contributed by atoms with Crippen molar-refractivity contribution < 1.29 is 14.6 Å². The molecule has 1 rings (SSSR count). The monoisotopic (exact) mass is 237 g/mol. The molecule has 0 aliphatic heterocycles. The van der Waals surface area contributed by atoms with Crippen molar-refractivity contribution in [3.8, 4) is 5.75 Å². The van der Waals surface area contributed by atoms with Gasteiger partial charge in [-0.15, -0.1) is 0 Å². The lowest BCUT2D eigenvalue weighted by Crippen LogP contribution is -2.27. The van der Waals surface area contributed by atoms with Crippen LogP contribution in [0.3, 0.4) is 0 Å². The highest BCUT2D eigenvalue weighted by molar-refractivity contribution is 5.78. The highest BCUT2D eigenvalue weighted by Gasteiger charge is 2.05. The number of hydrogen-bond acceptors (Lipinski definition) is 3. The van der Waals surface area contributed by atoms with Crippen molar-refractivity contribution in [3.63, 3.8) is 0 Å². The third-order valence-electron chi connectivity index (χ3n) is 2.34. The van der Waals surface area contributed by atoms with Crippen molar-refractivity contribution in [3.05, 3.63) is 29.3 Å². The van der Waals surface area contributed by atoms with Gasteiger partial charge >= 0.3 is 0 Å². The molecule has 17 heavy (non-hydrogen) atoms. The Hall–Kier alpha value is -1.55. The zero-order valence-corrected chi connectivity index (χ0v) is 10.3. The second-order valence-corrected chi connectivity index (χ2v) is 3.78. The first kappa shape index (κ1) is 13.5. The molecule has 0 aromatic heterocycles. The third-order valence-corrected chi connectivity index (χ3v) is 2.34.